The molecule has 3 N–H and O–H groups in total. The minimum absolute atomic E-state index is 0.119. The lowest BCUT2D eigenvalue weighted by Gasteiger charge is -2.48. The Labute approximate surface area is 181 Å². The molecule has 1 fully saturated rings. The summed E-state index contributed by atoms with van der Waals surface area (Å²) in [6, 6.07) is 21.2. The summed E-state index contributed by atoms with van der Waals surface area (Å²) in [5.41, 5.74) is 3.51. The van der Waals surface area contributed by atoms with E-state index in [-0.39, 0.29) is 5.75 Å². The Balaban J connectivity index is 1.54. The number of hydrogen-bond donors (Lipinski definition) is 3. The molecule has 1 aliphatic carbocycles. The van der Waals surface area contributed by atoms with E-state index in [4.69, 9.17) is 0 Å². The quantitative estimate of drug-likeness (QED) is 0.451. The molecule has 5 nitrogen and oxygen atoms in total. The molecular weight excluding hydrogens is 388 g/mol. The number of aromatic hydroxyl groups is 1. The molecule has 1 aromatic heterocycles. The average Bonchev–Trinajstić information content (AvgIpc) is 3.11. The topological polar surface area (TPSA) is 68.9 Å². The number of aliphatic hydroxyl groups excluding tert-OH is 2. The highest BCUT2D eigenvalue weighted by atomic mass is 16.3. The third-order valence-corrected chi connectivity index (χ3v) is 6.85. The van der Waals surface area contributed by atoms with E-state index >= 15 is 0 Å². The molecule has 5 rings (SSSR count). The smallest absolute Gasteiger partial charge is 0.121 e. The minimum Gasteiger partial charge on any atom is -0.508 e. The second kappa shape index (κ2) is 7.59. The maximum absolute atomic E-state index is 11.2. The average molecular weight is 417 g/mol. The Kier molecular flexibility index (Phi) is 4.88. The van der Waals surface area contributed by atoms with Crippen LogP contribution in [0.3, 0.4) is 0 Å². The van der Waals surface area contributed by atoms with E-state index in [2.05, 4.69) is 35.4 Å². The fraction of sp³-hybridized carbons (Fsp3) is 0.308. The first-order valence-corrected chi connectivity index (χ1v) is 11.0. The van der Waals surface area contributed by atoms with E-state index in [0.717, 1.165) is 40.6 Å². The fourth-order valence-electron chi connectivity index (χ4n) is 5.23. The third-order valence-electron chi connectivity index (χ3n) is 6.85. The van der Waals surface area contributed by atoms with Crippen molar-refractivity contribution in [1.82, 2.24) is 4.57 Å². The highest BCUT2D eigenvalue weighted by molar-refractivity contribution is 6.08. The molecule has 2 atom stereocenters. The molecular formula is C26H28N2O3. The van der Waals surface area contributed by atoms with Crippen molar-refractivity contribution in [3.05, 3.63) is 72.3 Å². The van der Waals surface area contributed by atoms with Gasteiger partial charge in [0, 0.05) is 58.1 Å². The Morgan fingerprint density at radius 2 is 1.35 bits per heavy atom. The van der Waals surface area contributed by atoms with Gasteiger partial charge in [-0.05, 0) is 32.0 Å². The molecule has 0 aliphatic heterocycles. The summed E-state index contributed by atoms with van der Waals surface area (Å²) in [6.07, 6.45) is -1.61. The normalized spacial score (nSPS) is 23.2. The number of anilines is 1. The van der Waals surface area contributed by atoms with Gasteiger partial charge in [-0.25, -0.2) is 0 Å². The number of phenols is 1. The lowest BCUT2D eigenvalue weighted by atomic mass is 9.69. The van der Waals surface area contributed by atoms with E-state index in [0.29, 0.717) is 5.56 Å². The monoisotopic (exact) mass is 416 g/mol. The fourth-order valence-corrected chi connectivity index (χ4v) is 5.23. The van der Waals surface area contributed by atoms with Gasteiger partial charge in [0.1, 0.15) is 5.75 Å². The number of para-hydroxylation sites is 2. The molecule has 0 radical (unpaired) electrons. The van der Waals surface area contributed by atoms with Crippen molar-refractivity contribution in [3.63, 3.8) is 0 Å². The van der Waals surface area contributed by atoms with Crippen molar-refractivity contribution in [1.29, 1.82) is 0 Å². The van der Waals surface area contributed by atoms with Crippen molar-refractivity contribution >= 4 is 27.5 Å². The molecule has 1 aliphatic rings. The van der Waals surface area contributed by atoms with Crippen LogP contribution in [0.4, 0.5) is 5.69 Å². The summed E-state index contributed by atoms with van der Waals surface area (Å²) < 4.78 is 2.05. The molecule has 0 bridgehead atoms. The second-order valence-corrected chi connectivity index (χ2v) is 8.32. The number of aromatic nitrogens is 1. The van der Waals surface area contributed by atoms with E-state index in [9.17, 15) is 15.3 Å². The molecule has 1 saturated carbocycles. The number of phenolic OH excluding ortho intramolecular Hbond substituents is 1. The summed E-state index contributed by atoms with van der Waals surface area (Å²) in [5.74, 6) is -0.413. The maximum Gasteiger partial charge on any atom is 0.121 e. The molecule has 2 unspecified atom stereocenters. The van der Waals surface area contributed by atoms with Crippen molar-refractivity contribution in [3.8, 4) is 5.75 Å². The van der Waals surface area contributed by atoms with Crippen LogP contribution >= 0.6 is 0 Å². The van der Waals surface area contributed by atoms with Gasteiger partial charge in [0.2, 0.25) is 0 Å². The molecule has 4 aromatic rings. The van der Waals surface area contributed by atoms with Crippen LogP contribution in [0.1, 0.15) is 31.4 Å². The van der Waals surface area contributed by atoms with Crippen molar-refractivity contribution in [2.45, 2.75) is 38.0 Å². The highest BCUT2D eigenvalue weighted by Gasteiger charge is 2.52. The first-order chi connectivity index (χ1) is 15.1. The minimum atomic E-state index is -0.806. The number of rotatable bonds is 5. The Hall–Kier alpha value is -3.02. The van der Waals surface area contributed by atoms with Gasteiger partial charge in [0.15, 0.2) is 0 Å². The predicted molar refractivity (Wildman–Crippen MR) is 125 cm³/mol. The second-order valence-electron chi connectivity index (χ2n) is 8.32. The van der Waals surface area contributed by atoms with E-state index in [1.807, 2.05) is 48.5 Å². The van der Waals surface area contributed by atoms with E-state index in [1.54, 1.807) is 6.07 Å². The summed E-state index contributed by atoms with van der Waals surface area (Å²) in [7, 11) is 0. The van der Waals surface area contributed by atoms with Crippen LogP contribution in [-0.2, 0) is 0 Å². The number of hydrogen-bond acceptors (Lipinski definition) is 4. The van der Waals surface area contributed by atoms with Gasteiger partial charge < -0.3 is 24.8 Å². The molecule has 31 heavy (non-hydrogen) atoms. The molecule has 0 amide bonds. The lowest BCUT2D eigenvalue weighted by molar-refractivity contribution is -0.104. The van der Waals surface area contributed by atoms with Crippen molar-refractivity contribution in [2.75, 3.05) is 18.0 Å². The Morgan fingerprint density at radius 3 is 1.87 bits per heavy atom. The first kappa shape index (κ1) is 19.9. The summed E-state index contributed by atoms with van der Waals surface area (Å²) in [4.78, 5) is 2.15. The van der Waals surface area contributed by atoms with Gasteiger partial charge >= 0.3 is 0 Å². The number of fused-ring (bicyclic) bond motifs is 3. The van der Waals surface area contributed by atoms with E-state index in [1.165, 1.54) is 0 Å². The van der Waals surface area contributed by atoms with Crippen LogP contribution in [0.2, 0.25) is 0 Å². The summed E-state index contributed by atoms with van der Waals surface area (Å²) in [5, 5.41) is 35.3. The SMILES string of the molecule is CCN(CC)c1ccc(C2C(O)C(n3c4ccccc4c4ccccc43)C2O)c(O)c1. The first-order valence-electron chi connectivity index (χ1n) is 11.0. The predicted octanol–water partition coefficient (Wildman–Crippen LogP) is 4.41. The van der Waals surface area contributed by atoms with Crippen LogP contribution < -0.4 is 4.90 Å². The van der Waals surface area contributed by atoms with Crippen LogP contribution in [0.15, 0.2) is 66.7 Å². The zero-order chi connectivity index (χ0) is 21.7. The standard InChI is InChI=1S/C26H28N2O3/c1-3-27(4-2)16-13-14-19(22(29)15-16)23-25(30)24(26(23)31)28-20-11-7-5-9-17(20)18-10-6-8-12-21(18)28/h5-15,23-26,29-31H,3-4H2,1-2H3. The molecule has 5 heteroatoms. The van der Waals surface area contributed by atoms with Crippen molar-refractivity contribution in [2.24, 2.45) is 0 Å². The summed E-state index contributed by atoms with van der Waals surface area (Å²) in [6.45, 7) is 5.84. The number of nitrogens with zero attached hydrogens (tertiary/aromatic N) is 2. The lowest BCUT2D eigenvalue weighted by Crippen LogP contribution is -2.54. The molecule has 0 spiro atoms. The third kappa shape index (κ3) is 2.92. The molecule has 160 valence electrons. The summed E-state index contributed by atoms with van der Waals surface area (Å²) >= 11 is 0. The van der Waals surface area contributed by atoms with Gasteiger partial charge in [0.25, 0.3) is 0 Å². The molecule has 1 heterocycles. The van der Waals surface area contributed by atoms with Gasteiger partial charge in [-0.1, -0.05) is 42.5 Å². The van der Waals surface area contributed by atoms with Crippen LogP contribution in [0, 0.1) is 0 Å². The Bertz CT molecular complexity index is 1180. The molecule has 0 saturated heterocycles. The number of benzene rings is 3. The highest BCUT2D eigenvalue weighted by Crippen LogP contribution is 2.50. The Morgan fingerprint density at radius 1 is 0.806 bits per heavy atom. The largest absolute Gasteiger partial charge is 0.508 e. The maximum atomic E-state index is 11.2. The van der Waals surface area contributed by atoms with E-state index < -0.39 is 24.2 Å². The number of aliphatic hydroxyl groups is 2. The zero-order valence-corrected chi connectivity index (χ0v) is 17.8. The van der Waals surface area contributed by atoms with Crippen LogP contribution in [0.5, 0.6) is 5.75 Å². The van der Waals surface area contributed by atoms with Crippen LogP contribution in [0.25, 0.3) is 21.8 Å². The van der Waals surface area contributed by atoms with Gasteiger partial charge in [-0.15, -0.1) is 0 Å². The zero-order valence-electron chi connectivity index (χ0n) is 17.8. The van der Waals surface area contributed by atoms with Crippen LogP contribution in [-0.4, -0.2) is 45.2 Å². The molecule has 3 aromatic carbocycles. The van der Waals surface area contributed by atoms with Gasteiger partial charge in [-0.2, -0.15) is 0 Å². The van der Waals surface area contributed by atoms with Gasteiger partial charge in [0.05, 0.1) is 18.2 Å². The van der Waals surface area contributed by atoms with Gasteiger partial charge in [-0.3, -0.25) is 0 Å². The van der Waals surface area contributed by atoms with Crippen molar-refractivity contribution < 1.29 is 15.3 Å².